The molecule has 0 radical (unpaired) electrons. The minimum absolute atomic E-state index is 0.0479. The molecule has 1 atom stereocenters. The van der Waals surface area contributed by atoms with E-state index in [1.807, 2.05) is 24.3 Å². The Hall–Kier alpha value is -1.94. The fourth-order valence-corrected chi connectivity index (χ4v) is 3.64. The fourth-order valence-electron chi connectivity index (χ4n) is 3.64. The molecule has 3 rings (SSSR count). The summed E-state index contributed by atoms with van der Waals surface area (Å²) in [4.78, 5) is 16.9. The molecule has 0 bridgehead atoms. The number of aliphatic hydroxyl groups is 1. The minimum atomic E-state index is -0.0849. The molecule has 1 aromatic carbocycles. The topological polar surface area (TPSA) is 62.2 Å². The van der Waals surface area contributed by atoms with Gasteiger partial charge in [0, 0.05) is 30.4 Å². The summed E-state index contributed by atoms with van der Waals surface area (Å²) in [6.07, 6.45) is 10.0. The molecule has 122 valence electrons. The number of rotatable bonds is 5. The van der Waals surface area contributed by atoms with Crippen LogP contribution in [0.25, 0.3) is 10.8 Å². The highest BCUT2D eigenvalue weighted by Crippen LogP contribution is 2.28. The second-order valence-electron chi connectivity index (χ2n) is 6.40. The maximum Gasteiger partial charge on any atom is 0.253 e. The van der Waals surface area contributed by atoms with Gasteiger partial charge in [0.25, 0.3) is 5.91 Å². The lowest BCUT2D eigenvalue weighted by atomic mass is 9.82. The van der Waals surface area contributed by atoms with Gasteiger partial charge in [0.05, 0.1) is 5.56 Å². The first-order chi connectivity index (χ1) is 11.3. The van der Waals surface area contributed by atoms with Gasteiger partial charge in [-0.05, 0) is 30.6 Å². The number of aliphatic hydroxyl groups excluding tert-OH is 1. The van der Waals surface area contributed by atoms with Crippen molar-refractivity contribution in [3.8, 4) is 0 Å². The number of benzene rings is 1. The summed E-state index contributed by atoms with van der Waals surface area (Å²) in [5.41, 5.74) is 0.613. The molecule has 2 N–H and O–H groups in total. The lowest BCUT2D eigenvalue weighted by Gasteiger charge is -2.30. The van der Waals surface area contributed by atoms with E-state index in [9.17, 15) is 9.90 Å². The van der Waals surface area contributed by atoms with Crippen LogP contribution in [0.1, 0.15) is 48.9 Å². The zero-order chi connectivity index (χ0) is 16.1. The molecule has 1 amide bonds. The standard InChI is InChI=1S/C19H24N2O2/c22-11-10-18(14-6-2-1-3-7-14)21-19(23)17-13-20-12-15-8-4-5-9-16(15)17/h4-5,8-9,12-14,18,22H,1-3,6-7,10-11H2,(H,21,23). The second kappa shape index (κ2) is 7.55. The van der Waals surface area contributed by atoms with E-state index in [2.05, 4.69) is 10.3 Å². The van der Waals surface area contributed by atoms with Gasteiger partial charge in [0.2, 0.25) is 0 Å². The Morgan fingerprint density at radius 3 is 2.78 bits per heavy atom. The van der Waals surface area contributed by atoms with E-state index in [1.54, 1.807) is 12.4 Å². The molecule has 1 aliphatic carbocycles. The first kappa shape index (κ1) is 15.9. The molecule has 1 aliphatic rings. The number of carbonyl (C=O) groups is 1. The average molecular weight is 312 g/mol. The smallest absolute Gasteiger partial charge is 0.253 e. The lowest BCUT2D eigenvalue weighted by molar-refractivity contribution is 0.0901. The molecule has 1 aromatic heterocycles. The monoisotopic (exact) mass is 312 g/mol. The number of amides is 1. The molecule has 0 spiro atoms. The Labute approximate surface area is 136 Å². The van der Waals surface area contributed by atoms with Crippen LogP contribution < -0.4 is 5.32 Å². The van der Waals surface area contributed by atoms with Gasteiger partial charge in [0.15, 0.2) is 0 Å². The van der Waals surface area contributed by atoms with Gasteiger partial charge in [-0.2, -0.15) is 0 Å². The first-order valence-electron chi connectivity index (χ1n) is 8.54. The second-order valence-corrected chi connectivity index (χ2v) is 6.40. The highest BCUT2D eigenvalue weighted by molar-refractivity contribution is 6.06. The molecule has 0 saturated heterocycles. The minimum Gasteiger partial charge on any atom is -0.396 e. The molecular formula is C19H24N2O2. The third kappa shape index (κ3) is 3.70. The normalized spacial score (nSPS) is 17.1. The van der Waals surface area contributed by atoms with Crippen LogP contribution in [0.2, 0.25) is 0 Å². The number of hydrogen-bond donors (Lipinski definition) is 2. The van der Waals surface area contributed by atoms with Crippen molar-refractivity contribution < 1.29 is 9.90 Å². The number of fused-ring (bicyclic) bond motifs is 1. The molecule has 1 saturated carbocycles. The Morgan fingerprint density at radius 1 is 1.22 bits per heavy atom. The first-order valence-corrected chi connectivity index (χ1v) is 8.54. The Kier molecular flexibility index (Phi) is 5.23. The van der Waals surface area contributed by atoms with Crippen molar-refractivity contribution in [1.82, 2.24) is 10.3 Å². The van der Waals surface area contributed by atoms with Gasteiger partial charge >= 0.3 is 0 Å². The van der Waals surface area contributed by atoms with E-state index in [4.69, 9.17) is 0 Å². The fraction of sp³-hybridized carbons (Fsp3) is 0.474. The quantitative estimate of drug-likeness (QED) is 0.890. The summed E-state index contributed by atoms with van der Waals surface area (Å²) in [6.45, 7) is 0.106. The van der Waals surface area contributed by atoms with E-state index < -0.39 is 0 Å². The van der Waals surface area contributed by atoms with Gasteiger partial charge < -0.3 is 10.4 Å². The van der Waals surface area contributed by atoms with E-state index in [0.29, 0.717) is 17.9 Å². The van der Waals surface area contributed by atoms with E-state index in [-0.39, 0.29) is 18.6 Å². The molecule has 1 unspecified atom stereocenters. The molecule has 4 nitrogen and oxygen atoms in total. The van der Waals surface area contributed by atoms with Crippen LogP contribution >= 0.6 is 0 Å². The van der Waals surface area contributed by atoms with Crippen LogP contribution in [0.15, 0.2) is 36.7 Å². The van der Waals surface area contributed by atoms with Crippen LogP contribution in [0.4, 0.5) is 0 Å². The largest absolute Gasteiger partial charge is 0.396 e. The third-order valence-corrected chi connectivity index (χ3v) is 4.89. The molecule has 1 heterocycles. The van der Waals surface area contributed by atoms with Crippen LogP contribution in [-0.2, 0) is 0 Å². The summed E-state index contributed by atoms with van der Waals surface area (Å²) in [7, 11) is 0. The van der Waals surface area contributed by atoms with Crippen LogP contribution in [0.5, 0.6) is 0 Å². The Balaban J connectivity index is 1.80. The SMILES string of the molecule is O=C(NC(CCO)C1CCCCC1)c1cncc2ccccc12. The van der Waals surface area contributed by atoms with Crippen molar-refractivity contribution in [3.63, 3.8) is 0 Å². The molecular weight excluding hydrogens is 288 g/mol. The van der Waals surface area contributed by atoms with Gasteiger partial charge in [0.1, 0.15) is 0 Å². The summed E-state index contributed by atoms with van der Waals surface area (Å²) >= 11 is 0. The predicted octanol–water partition coefficient (Wildman–Crippen LogP) is 3.30. The number of hydrogen-bond acceptors (Lipinski definition) is 3. The highest BCUT2D eigenvalue weighted by atomic mass is 16.3. The number of pyridine rings is 1. The van der Waals surface area contributed by atoms with Gasteiger partial charge in [-0.3, -0.25) is 9.78 Å². The van der Waals surface area contributed by atoms with Crippen molar-refractivity contribution >= 4 is 16.7 Å². The summed E-state index contributed by atoms with van der Waals surface area (Å²) in [6, 6.07) is 7.85. The predicted molar refractivity (Wildman–Crippen MR) is 91.3 cm³/mol. The maximum absolute atomic E-state index is 12.8. The maximum atomic E-state index is 12.8. The van der Waals surface area contributed by atoms with Crippen molar-refractivity contribution in [3.05, 3.63) is 42.2 Å². The molecule has 1 fully saturated rings. The molecule has 0 aliphatic heterocycles. The van der Waals surface area contributed by atoms with Crippen LogP contribution in [-0.4, -0.2) is 28.6 Å². The van der Waals surface area contributed by atoms with Crippen molar-refractivity contribution in [2.75, 3.05) is 6.61 Å². The van der Waals surface area contributed by atoms with Gasteiger partial charge in [-0.1, -0.05) is 43.5 Å². The molecule has 4 heteroatoms. The average Bonchev–Trinajstić information content (AvgIpc) is 2.61. The number of aromatic nitrogens is 1. The van der Waals surface area contributed by atoms with E-state index in [1.165, 1.54) is 19.3 Å². The third-order valence-electron chi connectivity index (χ3n) is 4.89. The Bertz CT molecular complexity index is 660. The van der Waals surface area contributed by atoms with Gasteiger partial charge in [-0.15, -0.1) is 0 Å². The molecule has 2 aromatic rings. The Morgan fingerprint density at radius 2 is 2.00 bits per heavy atom. The van der Waals surface area contributed by atoms with E-state index in [0.717, 1.165) is 23.6 Å². The number of carbonyl (C=O) groups excluding carboxylic acids is 1. The van der Waals surface area contributed by atoms with Crippen LogP contribution in [0.3, 0.4) is 0 Å². The lowest BCUT2D eigenvalue weighted by Crippen LogP contribution is -2.41. The zero-order valence-electron chi connectivity index (χ0n) is 13.4. The summed E-state index contributed by atoms with van der Waals surface area (Å²) in [5.74, 6) is 0.390. The van der Waals surface area contributed by atoms with Gasteiger partial charge in [-0.25, -0.2) is 0 Å². The highest BCUT2D eigenvalue weighted by Gasteiger charge is 2.25. The summed E-state index contributed by atoms with van der Waals surface area (Å²) in [5, 5.41) is 14.4. The number of nitrogens with one attached hydrogen (secondary N) is 1. The van der Waals surface area contributed by atoms with Crippen LogP contribution in [0, 0.1) is 5.92 Å². The molecule has 23 heavy (non-hydrogen) atoms. The van der Waals surface area contributed by atoms with Crippen molar-refractivity contribution in [2.45, 2.75) is 44.6 Å². The van der Waals surface area contributed by atoms with Crippen molar-refractivity contribution in [1.29, 1.82) is 0 Å². The van der Waals surface area contributed by atoms with E-state index >= 15 is 0 Å². The van der Waals surface area contributed by atoms with Crippen molar-refractivity contribution in [2.24, 2.45) is 5.92 Å². The number of nitrogens with zero attached hydrogens (tertiary/aromatic N) is 1. The zero-order valence-corrected chi connectivity index (χ0v) is 13.4. The summed E-state index contributed by atoms with van der Waals surface area (Å²) < 4.78 is 0.